The third-order valence-corrected chi connectivity index (χ3v) is 2.07. The van der Waals surface area contributed by atoms with Gasteiger partial charge in [0, 0.05) is 31.7 Å². The summed E-state index contributed by atoms with van der Waals surface area (Å²) in [5.41, 5.74) is 0. The highest BCUT2D eigenvalue weighted by atomic mass is 16.5. The van der Waals surface area contributed by atoms with Gasteiger partial charge >= 0.3 is 0 Å². The van der Waals surface area contributed by atoms with Crippen LogP contribution in [-0.4, -0.2) is 37.7 Å². The second-order valence-corrected chi connectivity index (χ2v) is 3.43. The molecule has 0 saturated carbocycles. The van der Waals surface area contributed by atoms with Crippen LogP contribution < -0.4 is 10.6 Å². The highest BCUT2D eigenvalue weighted by Gasteiger charge is 2.22. The fraction of sp³-hybridized carbons (Fsp3) is 0.889. The van der Waals surface area contributed by atoms with Crippen molar-refractivity contribution in [2.24, 2.45) is 0 Å². The maximum Gasteiger partial charge on any atom is 0.221 e. The van der Waals surface area contributed by atoms with Gasteiger partial charge in [-0.15, -0.1) is 0 Å². The van der Waals surface area contributed by atoms with Crippen LogP contribution in [0.15, 0.2) is 0 Å². The lowest BCUT2D eigenvalue weighted by Gasteiger charge is -2.17. The molecule has 4 heteroatoms. The summed E-state index contributed by atoms with van der Waals surface area (Å²) in [7, 11) is 0. The Morgan fingerprint density at radius 3 is 3.08 bits per heavy atom. The lowest BCUT2D eigenvalue weighted by Crippen LogP contribution is -2.40. The molecule has 0 aromatic heterocycles. The average molecular weight is 186 g/mol. The zero-order valence-electron chi connectivity index (χ0n) is 8.30. The fourth-order valence-corrected chi connectivity index (χ4v) is 1.47. The largest absolute Gasteiger partial charge is 0.380 e. The van der Waals surface area contributed by atoms with Crippen molar-refractivity contribution in [3.63, 3.8) is 0 Å². The molecule has 13 heavy (non-hydrogen) atoms. The highest BCUT2D eigenvalue weighted by Crippen LogP contribution is 2.00. The van der Waals surface area contributed by atoms with E-state index in [0.29, 0.717) is 19.1 Å². The van der Waals surface area contributed by atoms with Crippen molar-refractivity contribution in [3.8, 4) is 0 Å². The monoisotopic (exact) mass is 186 g/mol. The van der Waals surface area contributed by atoms with E-state index in [2.05, 4.69) is 17.6 Å². The number of ether oxygens (including phenoxy) is 1. The maximum absolute atomic E-state index is 10.9. The normalized spacial score (nSPS) is 24.5. The molecule has 1 saturated heterocycles. The Bertz CT molecular complexity index is 173. The minimum absolute atomic E-state index is 0.140. The van der Waals surface area contributed by atoms with Crippen LogP contribution >= 0.6 is 0 Å². The van der Waals surface area contributed by atoms with E-state index in [0.717, 1.165) is 13.2 Å². The van der Waals surface area contributed by atoms with Gasteiger partial charge in [0.2, 0.25) is 5.91 Å². The number of carbonyl (C=O) groups excluding carboxylic acids is 1. The highest BCUT2D eigenvalue weighted by molar-refractivity contribution is 5.78. The van der Waals surface area contributed by atoms with E-state index in [9.17, 15) is 4.79 Å². The van der Waals surface area contributed by atoms with E-state index in [1.165, 1.54) is 0 Å². The van der Waals surface area contributed by atoms with Crippen LogP contribution in [0.4, 0.5) is 0 Å². The fourth-order valence-electron chi connectivity index (χ4n) is 1.47. The van der Waals surface area contributed by atoms with E-state index < -0.39 is 0 Å². The lowest BCUT2D eigenvalue weighted by molar-refractivity contribution is -0.119. The lowest BCUT2D eigenvalue weighted by atomic mass is 10.2. The number of hydrogen-bond donors (Lipinski definition) is 2. The maximum atomic E-state index is 10.9. The van der Waals surface area contributed by atoms with Gasteiger partial charge in [0.15, 0.2) is 0 Å². The predicted octanol–water partition coefficient (Wildman–Crippen LogP) is -0.110. The van der Waals surface area contributed by atoms with Crippen molar-refractivity contribution in [3.05, 3.63) is 0 Å². The number of amides is 1. The predicted molar refractivity (Wildman–Crippen MR) is 50.5 cm³/mol. The topological polar surface area (TPSA) is 50.4 Å². The van der Waals surface area contributed by atoms with Crippen LogP contribution in [-0.2, 0) is 9.53 Å². The molecule has 0 aromatic rings. The summed E-state index contributed by atoms with van der Waals surface area (Å²) in [5.74, 6) is 0.140. The summed E-state index contributed by atoms with van der Waals surface area (Å²) >= 11 is 0. The van der Waals surface area contributed by atoms with Crippen molar-refractivity contribution < 1.29 is 9.53 Å². The van der Waals surface area contributed by atoms with Crippen LogP contribution in [0.1, 0.15) is 20.3 Å². The van der Waals surface area contributed by atoms with Gasteiger partial charge in [-0.2, -0.15) is 0 Å². The van der Waals surface area contributed by atoms with E-state index >= 15 is 0 Å². The molecule has 0 aliphatic carbocycles. The molecule has 1 fully saturated rings. The molecule has 0 bridgehead atoms. The van der Waals surface area contributed by atoms with Gasteiger partial charge in [0.25, 0.3) is 0 Å². The first-order valence-electron chi connectivity index (χ1n) is 4.83. The smallest absolute Gasteiger partial charge is 0.221 e. The Balaban J connectivity index is 2.13. The SMILES string of the molecule is CCOCC(C)NC1CNC(=O)C1. The molecule has 1 heterocycles. The van der Waals surface area contributed by atoms with Gasteiger partial charge in [0.05, 0.1) is 6.61 Å². The molecule has 2 atom stereocenters. The minimum atomic E-state index is 0.140. The molecule has 2 N–H and O–H groups in total. The number of nitrogens with one attached hydrogen (secondary N) is 2. The summed E-state index contributed by atoms with van der Waals surface area (Å²) in [5, 5.41) is 6.12. The van der Waals surface area contributed by atoms with E-state index in [-0.39, 0.29) is 11.9 Å². The Morgan fingerprint density at radius 1 is 1.77 bits per heavy atom. The number of carbonyl (C=O) groups is 1. The van der Waals surface area contributed by atoms with Gasteiger partial charge in [-0.1, -0.05) is 0 Å². The van der Waals surface area contributed by atoms with Crippen molar-refractivity contribution in [2.75, 3.05) is 19.8 Å². The van der Waals surface area contributed by atoms with Crippen molar-refractivity contribution in [1.82, 2.24) is 10.6 Å². The zero-order valence-corrected chi connectivity index (χ0v) is 8.30. The quantitative estimate of drug-likeness (QED) is 0.630. The average Bonchev–Trinajstić information content (AvgIpc) is 2.48. The zero-order chi connectivity index (χ0) is 9.68. The molecule has 76 valence electrons. The third kappa shape index (κ3) is 3.74. The molecule has 4 nitrogen and oxygen atoms in total. The first kappa shape index (κ1) is 10.5. The second-order valence-electron chi connectivity index (χ2n) is 3.43. The van der Waals surface area contributed by atoms with Gasteiger partial charge < -0.3 is 15.4 Å². The van der Waals surface area contributed by atoms with Gasteiger partial charge in [-0.25, -0.2) is 0 Å². The van der Waals surface area contributed by atoms with E-state index in [1.54, 1.807) is 0 Å². The molecular formula is C9H18N2O2. The van der Waals surface area contributed by atoms with Gasteiger partial charge in [-0.05, 0) is 13.8 Å². The van der Waals surface area contributed by atoms with Crippen molar-refractivity contribution in [2.45, 2.75) is 32.4 Å². The van der Waals surface area contributed by atoms with E-state index in [4.69, 9.17) is 4.74 Å². The first-order valence-corrected chi connectivity index (χ1v) is 4.83. The summed E-state index contributed by atoms with van der Waals surface area (Å²) < 4.78 is 5.26. The van der Waals surface area contributed by atoms with Gasteiger partial charge in [-0.3, -0.25) is 4.79 Å². The van der Waals surface area contributed by atoms with Crippen LogP contribution in [0.25, 0.3) is 0 Å². The molecule has 1 aliphatic rings. The Labute approximate surface area is 79.0 Å². The summed E-state index contributed by atoms with van der Waals surface area (Å²) in [6, 6.07) is 0.598. The van der Waals surface area contributed by atoms with Crippen molar-refractivity contribution >= 4 is 5.91 Å². The third-order valence-electron chi connectivity index (χ3n) is 2.07. The van der Waals surface area contributed by atoms with Crippen LogP contribution in [0.3, 0.4) is 0 Å². The molecule has 1 amide bonds. The summed E-state index contributed by atoms with van der Waals surface area (Å²) in [6.07, 6.45) is 0.594. The minimum Gasteiger partial charge on any atom is -0.380 e. The summed E-state index contributed by atoms with van der Waals surface area (Å²) in [6.45, 7) is 6.25. The van der Waals surface area contributed by atoms with Crippen LogP contribution in [0.5, 0.6) is 0 Å². The molecule has 0 aromatic carbocycles. The Morgan fingerprint density at radius 2 is 2.54 bits per heavy atom. The molecule has 1 rings (SSSR count). The second kappa shape index (κ2) is 5.19. The Kier molecular flexibility index (Phi) is 4.18. The number of rotatable bonds is 5. The molecular weight excluding hydrogens is 168 g/mol. The molecule has 1 aliphatic heterocycles. The first-order chi connectivity index (χ1) is 6.22. The number of hydrogen-bond acceptors (Lipinski definition) is 3. The van der Waals surface area contributed by atoms with Crippen molar-refractivity contribution in [1.29, 1.82) is 0 Å². The standard InChI is InChI=1S/C9H18N2O2/c1-3-13-6-7(2)11-8-4-9(12)10-5-8/h7-8,11H,3-6H2,1-2H3,(H,10,12). The van der Waals surface area contributed by atoms with E-state index in [1.807, 2.05) is 6.92 Å². The Hall–Kier alpha value is -0.610. The van der Waals surface area contributed by atoms with Crippen LogP contribution in [0, 0.1) is 0 Å². The molecule has 0 radical (unpaired) electrons. The summed E-state index contributed by atoms with van der Waals surface area (Å²) in [4.78, 5) is 10.9. The van der Waals surface area contributed by atoms with Gasteiger partial charge in [0.1, 0.15) is 0 Å². The van der Waals surface area contributed by atoms with Crippen LogP contribution in [0.2, 0.25) is 0 Å². The molecule has 0 spiro atoms. The molecule has 2 unspecified atom stereocenters.